The van der Waals surface area contributed by atoms with Crippen molar-refractivity contribution in [2.24, 2.45) is 0 Å². The van der Waals surface area contributed by atoms with Crippen LogP contribution in [0.4, 0.5) is 4.39 Å². The second kappa shape index (κ2) is 4.73. The minimum Gasteiger partial charge on any atom is -0.387 e. The number of aliphatic hydroxyl groups is 1. The Morgan fingerprint density at radius 3 is 2.53 bits per heavy atom. The standard InChI is InChI=1S/C12H16FNO/c13-10-6-4-9(5-7-10)12(15)8-14-11-2-1-3-11/h4-7,11-12,14-15H,1-3,8H2. The van der Waals surface area contributed by atoms with E-state index >= 15 is 0 Å². The van der Waals surface area contributed by atoms with E-state index in [4.69, 9.17) is 0 Å². The van der Waals surface area contributed by atoms with Crippen LogP contribution in [0.2, 0.25) is 0 Å². The van der Waals surface area contributed by atoms with Gasteiger partial charge in [0.25, 0.3) is 0 Å². The molecule has 82 valence electrons. The van der Waals surface area contributed by atoms with Crippen molar-refractivity contribution >= 4 is 0 Å². The third-order valence-corrected chi connectivity index (χ3v) is 2.96. The minimum atomic E-state index is -0.536. The molecule has 3 heteroatoms. The average molecular weight is 209 g/mol. The van der Waals surface area contributed by atoms with E-state index in [0.29, 0.717) is 12.6 Å². The summed E-state index contributed by atoms with van der Waals surface area (Å²) in [6.07, 6.45) is 3.16. The molecule has 1 aromatic rings. The zero-order chi connectivity index (χ0) is 10.7. The fourth-order valence-electron chi connectivity index (χ4n) is 1.69. The summed E-state index contributed by atoms with van der Waals surface area (Å²) in [5.41, 5.74) is 0.767. The molecule has 0 amide bonds. The van der Waals surface area contributed by atoms with Gasteiger partial charge in [0.05, 0.1) is 6.10 Å². The lowest BCUT2D eigenvalue weighted by molar-refractivity contribution is 0.161. The fraction of sp³-hybridized carbons (Fsp3) is 0.500. The number of benzene rings is 1. The zero-order valence-electron chi connectivity index (χ0n) is 8.62. The van der Waals surface area contributed by atoms with Gasteiger partial charge in [-0.15, -0.1) is 0 Å². The van der Waals surface area contributed by atoms with Gasteiger partial charge in [-0.2, -0.15) is 0 Å². The Morgan fingerprint density at radius 2 is 2.00 bits per heavy atom. The van der Waals surface area contributed by atoms with Crippen LogP contribution in [0, 0.1) is 5.82 Å². The number of nitrogens with one attached hydrogen (secondary N) is 1. The molecule has 0 heterocycles. The number of rotatable bonds is 4. The van der Waals surface area contributed by atoms with Crippen LogP contribution in [0.3, 0.4) is 0 Å². The molecule has 2 N–H and O–H groups in total. The summed E-state index contributed by atoms with van der Waals surface area (Å²) in [6, 6.07) is 6.58. The number of halogens is 1. The largest absolute Gasteiger partial charge is 0.387 e. The first-order chi connectivity index (χ1) is 7.25. The molecular weight excluding hydrogens is 193 g/mol. The number of hydrogen-bond donors (Lipinski definition) is 2. The van der Waals surface area contributed by atoms with Crippen molar-refractivity contribution in [2.75, 3.05) is 6.54 Å². The Morgan fingerprint density at radius 1 is 1.33 bits per heavy atom. The van der Waals surface area contributed by atoms with E-state index in [0.717, 1.165) is 5.56 Å². The highest BCUT2D eigenvalue weighted by Gasteiger charge is 2.18. The molecule has 15 heavy (non-hydrogen) atoms. The van der Waals surface area contributed by atoms with E-state index < -0.39 is 6.10 Å². The minimum absolute atomic E-state index is 0.266. The Hall–Kier alpha value is -0.930. The highest BCUT2D eigenvalue weighted by Crippen LogP contribution is 2.19. The SMILES string of the molecule is OC(CNC1CCC1)c1ccc(F)cc1. The molecule has 0 aromatic heterocycles. The van der Waals surface area contributed by atoms with Crippen molar-refractivity contribution in [3.05, 3.63) is 35.6 Å². The molecule has 0 spiro atoms. The van der Waals surface area contributed by atoms with E-state index in [1.807, 2.05) is 0 Å². The van der Waals surface area contributed by atoms with E-state index in [1.54, 1.807) is 12.1 Å². The van der Waals surface area contributed by atoms with E-state index in [1.165, 1.54) is 31.4 Å². The summed E-state index contributed by atoms with van der Waals surface area (Å²) in [6.45, 7) is 0.552. The second-order valence-corrected chi connectivity index (χ2v) is 4.10. The van der Waals surface area contributed by atoms with Crippen molar-refractivity contribution in [1.29, 1.82) is 0 Å². The lowest BCUT2D eigenvalue weighted by Gasteiger charge is -2.27. The molecule has 1 atom stereocenters. The first-order valence-electron chi connectivity index (χ1n) is 5.42. The van der Waals surface area contributed by atoms with Crippen LogP contribution in [0.5, 0.6) is 0 Å². The van der Waals surface area contributed by atoms with E-state index in [-0.39, 0.29) is 5.82 Å². The van der Waals surface area contributed by atoms with Gasteiger partial charge in [-0.05, 0) is 30.5 Å². The highest BCUT2D eigenvalue weighted by atomic mass is 19.1. The van der Waals surface area contributed by atoms with Crippen molar-refractivity contribution in [1.82, 2.24) is 5.32 Å². The Kier molecular flexibility index (Phi) is 3.34. The lowest BCUT2D eigenvalue weighted by atomic mass is 9.93. The Bertz CT molecular complexity index is 308. The van der Waals surface area contributed by atoms with Crippen LogP contribution in [0.1, 0.15) is 30.9 Å². The van der Waals surface area contributed by atoms with Gasteiger partial charge in [-0.3, -0.25) is 0 Å². The average Bonchev–Trinajstić information content (AvgIpc) is 2.16. The summed E-state index contributed by atoms with van der Waals surface area (Å²) >= 11 is 0. The molecule has 1 saturated carbocycles. The van der Waals surface area contributed by atoms with Crippen LogP contribution in [0.25, 0.3) is 0 Å². The van der Waals surface area contributed by atoms with Gasteiger partial charge in [0.2, 0.25) is 0 Å². The molecule has 1 aliphatic rings. The first-order valence-corrected chi connectivity index (χ1v) is 5.42. The maximum Gasteiger partial charge on any atom is 0.123 e. The third kappa shape index (κ3) is 2.76. The van der Waals surface area contributed by atoms with Gasteiger partial charge in [0.1, 0.15) is 5.82 Å². The maximum absolute atomic E-state index is 12.6. The van der Waals surface area contributed by atoms with Crippen molar-refractivity contribution < 1.29 is 9.50 Å². The maximum atomic E-state index is 12.6. The van der Waals surface area contributed by atoms with Gasteiger partial charge in [0.15, 0.2) is 0 Å². The lowest BCUT2D eigenvalue weighted by Crippen LogP contribution is -2.37. The van der Waals surface area contributed by atoms with Gasteiger partial charge in [-0.25, -0.2) is 4.39 Å². The Labute approximate surface area is 89.1 Å². The molecule has 1 unspecified atom stereocenters. The zero-order valence-corrected chi connectivity index (χ0v) is 8.62. The Balaban J connectivity index is 1.83. The summed E-state index contributed by atoms with van der Waals surface area (Å²) in [5.74, 6) is -0.266. The molecular formula is C12H16FNO. The van der Waals surface area contributed by atoms with Crippen LogP contribution in [-0.2, 0) is 0 Å². The molecule has 0 bridgehead atoms. The van der Waals surface area contributed by atoms with Crippen molar-refractivity contribution in [3.8, 4) is 0 Å². The normalized spacial score (nSPS) is 18.5. The van der Waals surface area contributed by atoms with Gasteiger partial charge >= 0.3 is 0 Å². The molecule has 1 fully saturated rings. The van der Waals surface area contributed by atoms with E-state index in [9.17, 15) is 9.50 Å². The number of hydrogen-bond acceptors (Lipinski definition) is 2. The van der Waals surface area contributed by atoms with Crippen molar-refractivity contribution in [2.45, 2.75) is 31.4 Å². The summed E-state index contributed by atoms with van der Waals surface area (Å²) < 4.78 is 12.6. The molecule has 0 aliphatic heterocycles. The molecule has 0 radical (unpaired) electrons. The molecule has 2 nitrogen and oxygen atoms in total. The topological polar surface area (TPSA) is 32.3 Å². The molecule has 0 saturated heterocycles. The summed E-state index contributed by atoms with van der Waals surface area (Å²) in [7, 11) is 0. The number of aliphatic hydroxyl groups excluding tert-OH is 1. The summed E-state index contributed by atoms with van der Waals surface area (Å²) in [5, 5.41) is 13.1. The third-order valence-electron chi connectivity index (χ3n) is 2.96. The predicted octanol–water partition coefficient (Wildman–Crippen LogP) is 2.00. The molecule has 1 aliphatic carbocycles. The first kappa shape index (κ1) is 10.6. The predicted molar refractivity (Wildman–Crippen MR) is 57.0 cm³/mol. The second-order valence-electron chi connectivity index (χ2n) is 4.10. The van der Waals surface area contributed by atoms with Crippen LogP contribution >= 0.6 is 0 Å². The monoisotopic (exact) mass is 209 g/mol. The van der Waals surface area contributed by atoms with Crippen LogP contribution in [-0.4, -0.2) is 17.7 Å². The summed E-state index contributed by atoms with van der Waals surface area (Å²) in [4.78, 5) is 0. The van der Waals surface area contributed by atoms with Crippen LogP contribution in [0.15, 0.2) is 24.3 Å². The molecule has 1 aromatic carbocycles. The highest BCUT2D eigenvalue weighted by molar-refractivity contribution is 5.18. The van der Waals surface area contributed by atoms with Crippen molar-refractivity contribution in [3.63, 3.8) is 0 Å². The fourth-order valence-corrected chi connectivity index (χ4v) is 1.69. The van der Waals surface area contributed by atoms with Gasteiger partial charge in [0, 0.05) is 12.6 Å². The molecule has 2 rings (SSSR count). The quantitative estimate of drug-likeness (QED) is 0.795. The van der Waals surface area contributed by atoms with Crippen LogP contribution < -0.4 is 5.32 Å². The van der Waals surface area contributed by atoms with Gasteiger partial charge < -0.3 is 10.4 Å². The smallest absolute Gasteiger partial charge is 0.123 e. The van der Waals surface area contributed by atoms with Gasteiger partial charge in [-0.1, -0.05) is 18.6 Å². The van der Waals surface area contributed by atoms with E-state index in [2.05, 4.69) is 5.32 Å².